The molecule has 2 aliphatic heterocycles. The van der Waals surface area contributed by atoms with Crippen LogP contribution >= 0.6 is 0 Å². The summed E-state index contributed by atoms with van der Waals surface area (Å²) in [7, 11) is 1.26. The second-order valence-corrected chi connectivity index (χ2v) is 6.25. The molecule has 0 radical (unpaired) electrons. The van der Waals surface area contributed by atoms with Crippen LogP contribution in [0.5, 0.6) is 0 Å². The molecule has 130 valence electrons. The van der Waals surface area contributed by atoms with Gasteiger partial charge in [0.2, 0.25) is 0 Å². The standard InChI is InChI=1S/C17H22FN3O3/c1-24-16(22)12-4-5-14(18)15(10-12)19-17(23)21-9-6-13(11-21)20-7-2-3-8-20/h4-5,10,13H,2-3,6-9,11H2,1H3,(H,19,23). The van der Waals surface area contributed by atoms with Crippen molar-refractivity contribution < 1.29 is 18.7 Å². The number of anilines is 1. The van der Waals surface area contributed by atoms with Crippen LogP contribution < -0.4 is 5.32 Å². The highest BCUT2D eigenvalue weighted by atomic mass is 19.1. The van der Waals surface area contributed by atoms with Crippen molar-refractivity contribution in [3.63, 3.8) is 0 Å². The lowest BCUT2D eigenvalue weighted by Gasteiger charge is -2.23. The van der Waals surface area contributed by atoms with Crippen molar-refractivity contribution in [1.29, 1.82) is 0 Å². The number of benzene rings is 1. The molecule has 0 aromatic heterocycles. The Kier molecular flexibility index (Phi) is 4.99. The Morgan fingerprint density at radius 3 is 2.71 bits per heavy atom. The molecule has 1 aromatic carbocycles. The van der Waals surface area contributed by atoms with Gasteiger partial charge < -0.3 is 15.0 Å². The fourth-order valence-corrected chi connectivity index (χ4v) is 3.39. The summed E-state index contributed by atoms with van der Waals surface area (Å²) in [6.07, 6.45) is 3.38. The number of likely N-dealkylation sites (tertiary alicyclic amines) is 2. The highest BCUT2D eigenvalue weighted by Gasteiger charge is 2.31. The number of nitrogens with one attached hydrogen (secondary N) is 1. The fraction of sp³-hybridized carbons (Fsp3) is 0.529. The minimum absolute atomic E-state index is 0.00692. The number of carbonyl (C=O) groups is 2. The van der Waals surface area contributed by atoms with Gasteiger partial charge in [0.15, 0.2) is 0 Å². The van der Waals surface area contributed by atoms with E-state index in [4.69, 9.17) is 0 Å². The van der Waals surface area contributed by atoms with Gasteiger partial charge in [-0.15, -0.1) is 0 Å². The van der Waals surface area contributed by atoms with E-state index in [1.54, 1.807) is 4.90 Å². The maximum atomic E-state index is 13.9. The molecule has 0 bridgehead atoms. The van der Waals surface area contributed by atoms with Crippen LogP contribution in [0.4, 0.5) is 14.9 Å². The molecule has 0 saturated carbocycles. The molecule has 3 rings (SSSR count). The zero-order valence-electron chi connectivity index (χ0n) is 13.8. The van der Waals surface area contributed by atoms with Gasteiger partial charge in [0.1, 0.15) is 5.82 Å². The Balaban J connectivity index is 1.63. The maximum absolute atomic E-state index is 13.9. The number of hydrogen-bond acceptors (Lipinski definition) is 4. The van der Waals surface area contributed by atoms with Gasteiger partial charge >= 0.3 is 12.0 Å². The van der Waals surface area contributed by atoms with Crippen molar-refractivity contribution in [3.05, 3.63) is 29.6 Å². The lowest BCUT2D eigenvalue weighted by atomic mass is 10.2. The number of nitrogens with zero attached hydrogens (tertiary/aromatic N) is 2. The molecule has 1 aromatic rings. The lowest BCUT2D eigenvalue weighted by molar-refractivity contribution is 0.0600. The molecule has 24 heavy (non-hydrogen) atoms. The van der Waals surface area contributed by atoms with Crippen molar-refractivity contribution in [2.45, 2.75) is 25.3 Å². The summed E-state index contributed by atoms with van der Waals surface area (Å²) in [5.41, 5.74) is 0.193. The number of rotatable bonds is 3. The summed E-state index contributed by atoms with van der Waals surface area (Å²) >= 11 is 0. The number of urea groups is 1. The quantitative estimate of drug-likeness (QED) is 0.861. The molecule has 2 aliphatic rings. The first-order chi connectivity index (χ1) is 11.6. The Labute approximate surface area is 140 Å². The molecule has 2 saturated heterocycles. The largest absolute Gasteiger partial charge is 0.465 e. The minimum Gasteiger partial charge on any atom is -0.465 e. The maximum Gasteiger partial charge on any atom is 0.337 e. The van der Waals surface area contributed by atoms with E-state index in [1.807, 2.05) is 0 Å². The predicted molar refractivity (Wildman–Crippen MR) is 87.5 cm³/mol. The highest BCUT2D eigenvalue weighted by molar-refractivity contribution is 5.94. The summed E-state index contributed by atoms with van der Waals surface area (Å²) in [5.74, 6) is -1.15. The lowest BCUT2D eigenvalue weighted by Crippen LogP contribution is -2.38. The topological polar surface area (TPSA) is 61.9 Å². The van der Waals surface area contributed by atoms with Crippen molar-refractivity contribution in [1.82, 2.24) is 9.80 Å². The van der Waals surface area contributed by atoms with Crippen LogP contribution in [0.3, 0.4) is 0 Å². The van der Waals surface area contributed by atoms with Crippen LogP contribution in [0, 0.1) is 5.82 Å². The smallest absolute Gasteiger partial charge is 0.337 e. The van der Waals surface area contributed by atoms with E-state index in [2.05, 4.69) is 15.0 Å². The summed E-state index contributed by atoms with van der Waals surface area (Å²) in [5, 5.41) is 2.57. The van der Waals surface area contributed by atoms with Crippen LogP contribution in [0.2, 0.25) is 0 Å². The van der Waals surface area contributed by atoms with Crippen molar-refractivity contribution in [2.75, 3.05) is 38.6 Å². The molecule has 6 nitrogen and oxygen atoms in total. The number of carbonyl (C=O) groups excluding carboxylic acids is 2. The predicted octanol–water partition coefficient (Wildman–Crippen LogP) is 2.31. The van der Waals surface area contributed by atoms with E-state index >= 15 is 0 Å². The van der Waals surface area contributed by atoms with Crippen LogP contribution in [0.1, 0.15) is 29.6 Å². The first kappa shape index (κ1) is 16.7. The molecular formula is C17H22FN3O3. The van der Waals surface area contributed by atoms with Crippen LogP contribution in [-0.2, 0) is 4.74 Å². The second-order valence-electron chi connectivity index (χ2n) is 6.25. The summed E-state index contributed by atoms with van der Waals surface area (Å²) < 4.78 is 18.5. The molecule has 1 atom stereocenters. The Hall–Kier alpha value is -2.15. The van der Waals surface area contributed by atoms with Crippen LogP contribution in [-0.4, -0.2) is 61.1 Å². The SMILES string of the molecule is COC(=O)c1ccc(F)c(NC(=O)N2CCC(N3CCCC3)C2)c1. The van der Waals surface area contributed by atoms with E-state index in [0.717, 1.165) is 25.6 Å². The van der Waals surface area contributed by atoms with E-state index in [0.29, 0.717) is 19.1 Å². The first-order valence-corrected chi connectivity index (χ1v) is 8.26. The molecule has 1 N–H and O–H groups in total. The molecule has 0 spiro atoms. The van der Waals surface area contributed by atoms with Gasteiger partial charge in [-0.05, 0) is 50.6 Å². The van der Waals surface area contributed by atoms with Gasteiger partial charge in [-0.3, -0.25) is 4.90 Å². The van der Waals surface area contributed by atoms with Gasteiger partial charge in [0.25, 0.3) is 0 Å². The third-order valence-electron chi connectivity index (χ3n) is 4.74. The molecule has 7 heteroatoms. The third-order valence-corrected chi connectivity index (χ3v) is 4.74. The average Bonchev–Trinajstić information content (AvgIpc) is 3.27. The van der Waals surface area contributed by atoms with Crippen molar-refractivity contribution >= 4 is 17.7 Å². The molecule has 2 amide bonds. The highest BCUT2D eigenvalue weighted by Crippen LogP contribution is 2.22. The second kappa shape index (κ2) is 7.17. The van der Waals surface area contributed by atoms with Gasteiger partial charge in [-0.1, -0.05) is 0 Å². The van der Waals surface area contributed by atoms with Crippen molar-refractivity contribution in [3.8, 4) is 0 Å². The molecule has 2 heterocycles. The number of halogens is 1. The summed E-state index contributed by atoms with van der Waals surface area (Å²) in [4.78, 5) is 28.1. The zero-order valence-corrected chi connectivity index (χ0v) is 13.8. The fourth-order valence-electron chi connectivity index (χ4n) is 3.39. The molecule has 1 unspecified atom stereocenters. The van der Waals surface area contributed by atoms with E-state index in [9.17, 15) is 14.0 Å². The number of amides is 2. The molecular weight excluding hydrogens is 313 g/mol. The number of ether oxygens (including phenoxy) is 1. The van der Waals surface area contributed by atoms with Gasteiger partial charge in [0.05, 0.1) is 18.4 Å². The zero-order chi connectivity index (χ0) is 17.1. The van der Waals surface area contributed by atoms with E-state index in [-0.39, 0.29) is 17.3 Å². The number of hydrogen-bond donors (Lipinski definition) is 1. The molecule has 2 fully saturated rings. The monoisotopic (exact) mass is 335 g/mol. The number of esters is 1. The van der Waals surface area contributed by atoms with Crippen LogP contribution in [0.15, 0.2) is 18.2 Å². The summed E-state index contributed by atoms with van der Waals surface area (Å²) in [6, 6.07) is 3.84. The Morgan fingerprint density at radius 2 is 2.00 bits per heavy atom. The summed E-state index contributed by atoms with van der Waals surface area (Å²) in [6.45, 7) is 3.50. The van der Waals surface area contributed by atoms with Gasteiger partial charge in [-0.25, -0.2) is 14.0 Å². The molecule has 0 aliphatic carbocycles. The first-order valence-electron chi connectivity index (χ1n) is 8.26. The average molecular weight is 335 g/mol. The Morgan fingerprint density at radius 1 is 1.25 bits per heavy atom. The Bertz CT molecular complexity index is 632. The van der Waals surface area contributed by atoms with Crippen LogP contribution in [0.25, 0.3) is 0 Å². The van der Waals surface area contributed by atoms with E-state index in [1.165, 1.54) is 32.1 Å². The van der Waals surface area contributed by atoms with E-state index < -0.39 is 11.8 Å². The normalized spacial score (nSPS) is 21.1. The minimum atomic E-state index is -0.578. The van der Waals surface area contributed by atoms with Crippen molar-refractivity contribution in [2.24, 2.45) is 0 Å². The van der Waals surface area contributed by atoms with Gasteiger partial charge in [0, 0.05) is 19.1 Å². The number of methoxy groups -OCH3 is 1. The van der Waals surface area contributed by atoms with Gasteiger partial charge in [-0.2, -0.15) is 0 Å². The third kappa shape index (κ3) is 3.51.